The number of hydrogen-bond acceptors (Lipinski definition) is 6. The Morgan fingerprint density at radius 2 is 1.33 bits per heavy atom. The molecule has 2 atom stereocenters. The Balaban J connectivity index is 0.968. The van der Waals surface area contributed by atoms with Crippen LogP contribution in [0.2, 0.25) is 5.82 Å². The van der Waals surface area contributed by atoms with Gasteiger partial charge in [-0.25, -0.2) is 0 Å². The highest BCUT2D eigenvalue weighted by Crippen LogP contribution is 2.46. The second-order valence-electron chi connectivity index (χ2n) is 21.7. The van der Waals surface area contributed by atoms with Gasteiger partial charge in [-0.1, -0.05) is 182 Å². The first-order valence-electron chi connectivity index (χ1n) is 29.0. The first-order chi connectivity index (χ1) is 40.5. The molecule has 82 heavy (non-hydrogen) atoms. The number of allylic oxidation sites excluding steroid dienone is 8. The lowest BCUT2D eigenvalue weighted by Gasteiger charge is -2.47. The topological polar surface area (TPSA) is 57.9 Å². The number of aryl methyl sites for hydroxylation is 1. The van der Waals surface area contributed by atoms with E-state index in [9.17, 15) is 0 Å². The maximum absolute atomic E-state index is 6.50. The average molecular weight is 1060 g/mol. The van der Waals surface area contributed by atoms with Crippen molar-refractivity contribution in [1.82, 2.24) is 0 Å². The minimum atomic E-state index is -0.00625. The van der Waals surface area contributed by atoms with Crippen molar-refractivity contribution in [1.29, 1.82) is 0 Å². The summed E-state index contributed by atoms with van der Waals surface area (Å²) < 4.78 is 19.3. The fraction of sp³-hybridized carbons (Fsp3) is 0.120. The number of nitrogens with one attached hydrogen (secondary N) is 1. The molecule has 2 aliphatic carbocycles. The Labute approximate surface area is 480 Å². The van der Waals surface area contributed by atoms with E-state index in [1.165, 1.54) is 33.4 Å². The van der Waals surface area contributed by atoms with Gasteiger partial charge < -0.3 is 28.4 Å². The zero-order valence-electron chi connectivity index (χ0n) is 46.2. The summed E-state index contributed by atoms with van der Waals surface area (Å²) in [5, 5.41) is 7.43. The summed E-state index contributed by atoms with van der Waals surface area (Å²) in [7, 11) is 0. The number of hydrogen-bond donors (Lipinski definition) is 1. The van der Waals surface area contributed by atoms with Gasteiger partial charge in [0.15, 0.2) is 0 Å². The second kappa shape index (κ2) is 22.1. The Hall–Kier alpha value is -9.72. The van der Waals surface area contributed by atoms with Crippen LogP contribution in [0.15, 0.2) is 268 Å². The Morgan fingerprint density at radius 1 is 0.634 bits per heavy atom. The molecule has 0 fully saturated rings. The predicted molar refractivity (Wildman–Crippen MR) is 345 cm³/mol. The first-order valence-corrected chi connectivity index (χ1v) is 29.0. The monoisotopic (exact) mass is 1060 g/mol. The van der Waals surface area contributed by atoms with E-state index in [2.05, 4.69) is 254 Å². The summed E-state index contributed by atoms with van der Waals surface area (Å²) in [4.78, 5) is 5.08. The van der Waals surface area contributed by atoms with Crippen molar-refractivity contribution in [2.24, 2.45) is 0 Å². The third kappa shape index (κ3) is 9.72. The smallest absolute Gasteiger partial charge is 0.223 e. The van der Waals surface area contributed by atoms with Crippen LogP contribution in [-0.4, -0.2) is 12.8 Å². The summed E-state index contributed by atoms with van der Waals surface area (Å²) in [6.45, 7) is 4.25. The van der Waals surface area contributed by atoms with Crippen molar-refractivity contribution < 1.29 is 13.3 Å². The van der Waals surface area contributed by atoms with Crippen molar-refractivity contribution in [3.63, 3.8) is 0 Å². The highest BCUT2D eigenvalue weighted by atomic mass is 16.3. The maximum atomic E-state index is 6.50. The van der Waals surface area contributed by atoms with Gasteiger partial charge in [0.05, 0.1) is 5.69 Å². The number of anilines is 5. The van der Waals surface area contributed by atoms with E-state index in [4.69, 9.17) is 13.3 Å². The van der Waals surface area contributed by atoms with E-state index >= 15 is 0 Å². The van der Waals surface area contributed by atoms with E-state index in [0.29, 0.717) is 0 Å². The molecule has 6 nitrogen and oxygen atoms in total. The summed E-state index contributed by atoms with van der Waals surface area (Å²) in [6, 6.07) is 72.1. The van der Waals surface area contributed by atoms with Crippen LogP contribution < -0.4 is 26.0 Å². The van der Waals surface area contributed by atoms with Crippen molar-refractivity contribution >= 4 is 96.3 Å². The number of benzene rings is 8. The lowest BCUT2D eigenvalue weighted by molar-refractivity contribution is 0.578. The summed E-state index contributed by atoms with van der Waals surface area (Å²) in [6.07, 6.45) is 27.3. The van der Waals surface area contributed by atoms with Gasteiger partial charge in [0.2, 0.25) is 6.71 Å². The Kier molecular flexibility index (Phi) is 13.6. The predicted octanol–water partition coefficient (Wildman–Crippen LogP) is 19.2. The number of nitrogens with zero attached hydrogens (tertiary/aromatic N) is 2. The van der Waals surface area contributed by atoms with Crippen LogP contribution in [0.25, 0.3) is 72.9 Å². The van der Waals surface area contributed by atoms with E-state index in [1.54, 1.807) is 0 Å². The van der Waals surface area contributed by atoms with E-state index in [1.807, 2.05) is 36.4 Å². The van der Waals surface area contributed by atoms with Crippen LogP contribution in [-0.2, 0) is 6.42 Å². The van der Waals surface area contributed by atoms with Crippen LogP contribution in [0, 0.1) is 0 Å². The molecule has 2 unspecified atom stereocenters. The lowest BCUT2D eigenvalue weighted by atomic mass is 9.30. The minimum Gasteiger partial charge on any atom is -0.456 e. The molecule has 3 aromatic heterocycles. The quantitative estimate of drug-likeness (QED) is 0.0665. The van der Waals surface area contributed by atoms with Crippen LogP contribution in [0.1, 0.15) is 62.0 Å². The van der Waals surface area contributed by atoms with Gasteiger partial charge in [0, 0.05) is 73.5 Å². The third-order valence-electron chi connectivity index (χ3n) is 16.7. The van der Waals surface area contributed by atoms with Gasteiger partial charge in [-0.05, 0) is 152 Å². The molecular formula is C75H62BN3O3. The highest BCUT2D eigenvalue weighted by Gasteiger charge is 2.45. The summed E-state index contributed by atoms with van der Waals surface area (Å²) in [5.74, 6) is 2.76. The normalized spacial score (nSPS) is 16.2. The molecule has 7 heteroatoms. The van der Waals surface area contributed by atoms with E-state index in [-0.39, 0.29) is 18.6 Å². The first kappa shape index (κ1) is 50.5. The average Bonchev–Trinajstić information content (AvgIpc) is 2.74. The molecule has 11 aromatic rings. The molecule has 0 saturated heterocycles. The highest BCUT2D eigenvalue weighted by molar-refractivity contribution is 6.89. The molecule has 0 bridgehead atoms. The maximum Gasteiger partial charge on any atom is 0.223 e. The van der Waals surface area contributed by atoms with Crippen LogP contribution in [0.3, 0.4) is 0 Å². The standard InChI is InChI=1S/C75H62BN3O3/c1-3-5-6-7-18-43-78-67-30-14-13-29-64(67)76(59-39-37-54(38-40-59)73-47-57-23-10-16-33-70(57)81-73)75-65(77-60-27-19-26-55(45-60)74-48-58-24-11-17-34-71(58)82-74)49-62(50-68(75)78)79(66-31-20-25-53-21-8-12-28-63(53)66)61-41-35-51(36-42-61)44-52(4-2)72-46-56-22-9-15-32-69(56)80-72/h3,5-13,15-19,21-24,26-29,31-50,64,67,77H,4,14,20,25,30H2,1-2H3/b5-3+,7-6-,43-18+,52-44+. The van der Waals surface area contributed by atoms with Gasteiger partial charge >= 0.3 is 0 Å². The van der Waals surface area contributed by atoms with Gasteiger partial charge in [0.25, 0.3) is 0 Å². The fourth-order valence-electron chi connectivity index (χ4n) is 12.7. The largest absolute Gasteiger partial charge is 0.456 e. The fourth-order valence-corrected chi connectivity index (χ4v) is 12.7. The van der Waals surface area contributed by atoms with Crippen molar-refractivity contribution in [3.05, 3.63) is 277 Å². The van der Waals surface area contributed by atoms with Crippen molar-refractivity contribution in [3.8, 4) is 22.6 Å². The van der Waals surface area contributed by atoms with E-state index < -0.39 is 0 Å². The Bertz CT molecular complexity index is 4250. The van der Waals surface area contributed by atoms with Gasteiger partial charge in [-0.15, -0.1) is 0 Å². The van der Waals surface area contributed by atoms with Gasteiger partial charge in [-0.2, -0.15) is 0 Å². The second-order valence-corrected chi connectivity index (χ2v) is 21.7. The molecule has 1 N–H and O–H groups in total. The summed E-state index contributed by atoms with van der Waals surface area (Å²) >= 11 is 0. The molecule has 0 spiro atoms. The van der Waals surface area contributed by atoms with Crippen LogP contribution in [0.4, 0.5) is 28.4 Å². The molecule has 4 heterocycles. The molecule has 8 aromatic carbocycles. The number of rotatable bonds is 14. The third-order valence-corrected chi connectivity index (χ3v) is 16.7. The zero-order chi connectivity index (χ0) is 54.9. The molecule has 14 rings (SSSR count). The number of furan rings is 3. The van der Waals surface area contributed by atoms with Crippen molar-refractivity contribution in [2.45, 2.75) is 57.8 Å². The van der Waals surface area contributed by atoms with Crippen LogP contribution in [0.5, 0.6) is 0 Å². The zero-order valence-corrected chi connectivity index (χ0v) is 46.2. The van der Waals surface area contributed by atoms with Crippen LogP contribution >= 0.6 is 0 Å². The molecule has 0 amide bonds. The van der Waals surface area contributed by atoms with Crippen molar-refractivity contribution in [2.75, 3.05) is 15.1 Å². The van der Waals surface area contributed by atoms with Gasteiger partial charge in [-0.3, -0.25) is 0 Å². The molecular weight excluding hydrogens is 1000 g/mol. The molecule has 0 saturated carbocycles. The Morgan fingerprint density at radius 3 is 2.06 bits per heavy atom. The number of fused-ring (bicyclic) bond motifs is 6. The SMILES string of the molecule is C/C=C/C=C\C=C\N1c2cc(N(C3=CCCc4ccccc43)c3ccc(/C=C(\CC)c4cc5ccccc5o4)cc3)cc(Nc3cccc(-c4cc5ccccc5o4)c3)c2B(c2ccc(-c3cc4ccccc4o3)cc2)C2C=CCCC21. The molecule has 3 aliphatic rings. The molecule has 398 valence electrons. The lowest BCUT2D eigenvalue weighted by Crippen LogP contribution is -2.59. The summed E-state index contributed by atoms with van der Waals surface area (Å²) in [5.41, 5.74) is 18.5. The molecule has 1 aliphatic heterocycles. The van der Waals surface area contributed by atoms with E-state index in [0.717, 1.165) is 127 Å². The molecule has 0 radical (unpaired) electrons. The minimum absolute atomic E-state index is 0.00625. The van der Waals surface area contributed by atoms with Gasteiger partial charge in [0.1, 0.15) is 34.0 Å². The number of para-hydroxylation sites is 3.